The molecule has 1 N–H and O–H groups in total. The average molecular weight is 404 g/mol. The molecular formula is C20H24N2O5S. The lowest BCUT2D eigenvalue weighted by Crippen LogP contribution is -2.38. The van der Waals surface area contributed by atoms with Crippen molar-refractivity contribution in [3.8, 4) is 11.5 Å². The van der Waals surface area contributed by atoms with E-state index in [4.69, 9.17) is 9.47 Å². The summed E-state index contributed by atoms with van der Waals surface area (Å²) in [7, 11) is -3.77. The van der Waals surface area contributed by atoms with E-state index in [0.717, 1.165) is 9.87 Å². The van der Waals surface area contributed by atoms with Gasteiger partial charge in [-0.3, -0.25) is 4.79 Å². The highest BCUT2D eigenvalue weighted by Crippen LogP contribution is 2.32. The molecule has 0 saturated carbocycles. The summed E-state index contributed by atoms with van der Waals surface area (Å²) in [5.74, 6) is 0.753. The van der Waals surface area contributed by atoms with Gasteiger partial charge in [-0.25, -0.2) is 8.42 Å². The predicted octanol–water partition coefficient (Wildman–Crippen LogP) is 2.72. The number of nitrogens with zero attached hydrogens (tertiary/aromatic N) is 1. The Morgan fingerprint density at radius 1 is 1.07 bits per heavy atom. The van der Waals surface area contributed by atoms with Crippen LogP contribution in [0.5, 0.6) is 11.5 Å². The fourth-order valence-corrected chi connectivity index (χ4v) is 4.69. The summed E-state index contributed by atoms with van der Waals surface area (Å²) in [4.78, 5) is 12.7. The SMILES string of the molecule is CCN(CC(=O)Nc1ccc2c(c1)OCCO2)S(=O)(=O)c1ccc(C)cc1C. The zero-order chi connectivity index (χ0) is 20.3. The third-order valence-corrected chi connectivity index (χ3v) is 6.53. The van der Waals surface area contributed by atoms with Gasteiger partial charge >= 0.3 is 0 Å². The molecule has 0 atom stereocenters. The molecule has 0 unspecified atom stereocenters. The Bertz CT molecular complexity index is 988. The Balaban J connectivity index is 1.74. The summed E-state index contributed by atoms with van der Waals surface area (Å²) in [5, 5.41) is 2.72. The largest absolute Gasteiger partial charge is 0.486 e. The minimum absolute atomic E-state index is 0.185. The van der Waals surface area contributed by atoms with E-state index in [-0.39, 0.29) is 18.0 Å². The number of carbonyl (C=O) groups excluding carboxylic acids is 1. The standard InChI is InChI=1S/C20H24N2O5S/c1-4-22(28(24,25)19-8-5-14(2)11-15(19)3)13-20(23)21-16-6-7-17-18(12-16)27-10-9-26-17/h5-8,11-12H,4,9-10,13H2,1-3H3,(H,21,23). The van der Waals surface area contributed by atoms with Crippen molar-refractivity contribution in [2.24, 2.45) is 0 Å². The average Bonchev–Trinajstić information content (AvgIpc) is 2.65. The van der Waals surface area contributed by atoms with Crippen molar-refractivity contribution in [1.29, 1.82) is 0 Å². The van der Waals surface area contributed by atoms with Crippen LogP contribution in [0.25, 0.3) is 0 Å². The molecule has 1 aliphatic rings. The summed E-state index contributed by atoms with van der Waals surface area (Å²) in [6.07, 6.45) is 0. The van der Waals surface area contributed by atoms with E-state index in [1.807, 2.05) is 13.0 Å². The second kappa shape index (κ2) is 8.20. The lowest BCUT2D eigenvalue weighted by atomic mass is 10.2. The molecule has 7 nitrogen and oxygen atoms in total. The van der Waals surface area contributed by atoms with E-state index in [1.165, 1.54) is 0 Å². The van der Waals surface area contributed by atoms with E-state index in [2.05, 4.69) is 5.32 Å². The first-order chi connectivity index (χ1) is 13.3. The number of hydrogen-bond acceptors (Lipinski definition) is 5. The number of fused-ring (bicyclic) bond motifs is 1. The van der Waals surface area contributed by atoms with E-state index >= 15 is 0 Å². The van der Waals surface area contributed by atoms with Gasteiger partial charge in [-0.05, 0) is 37.6 Å². The van der Waals surface area contributed by atoms with Crippen LogP contribution in [-0.2, 0) is 14.8 Å². The number of ether oxygens (including phenoxy) is 2. The molecule has 2 aromatic carbocycles. The highest BCUT2D eigenvalue weighted by molar-refractivity contribution is 7.89. The van der Waals surface area contributed by atoms with Crippen LogP contribution in [0.2, 0.25) is 0 Å². The third kappa shape index (κ3) is 4.28. The number of nitrogens with one attached hydrogen (secondary N) is 1. The molecule has 28 heavy (non-hydrogen) atoms. The van der Waals surface area contributed by atoms with Crippen LogP contribution in [0.1, 0.15) is 18.1 Å². The molecule has 1 heterocycles. The van der Waals surface area contributed by atoms with Gasteiger partial charge < -0.3 is 14.8 Å². The van der Waals surface area contributed by atoms with Crippen molar-refractivity contribution < 1.29 is 22.7 Å². The molecule has 150 valence electrons. The predicted molar refractivity (Wildman–Crippen MR) is 106 cm³/mol. The van der Waals surface area contributed by atoms with Gasteiger partial charge in [0.2, 0.25) is 15.9 Å². The maximum Gasteiger partial charge on any atom is 0.243 e. The normalized spacial score (nSPS) is 13.4. The number of benzene rings is 2. The van der Waals surface area contributed by atoms with E-state index < -0.39 is 15.9 Å². The Labute approximate surface area is 165 Å². The van der Waals surface area contributed by atoms with Gasteiger partial charge in [-0.1, -0.05) is 24.6 Å². The number of hydrogen-bond donors (Lipinski definition) is 1. The molecule has 0 spiro atoms. The first kappa shape index (κ1) is 20.2. The lowest BCUT2D eigenvalue weighted by Gasteiger charge is -2.22. The van der Waals surface area contributed by atoms with Gasteiger partial charge in [0.25, 0.3) is 0 Å². The van der Waals surface area contributed by atoms with Crippen LogP contribution in [0.3, 0.4) is 0 Å². The molecule has 0 fully saturated rings. The molecule has 0 aliphatic carbocycles. The molecule has 0 saturated heterocycles. The summed E-state index contributed by atoms with van der Waals surface area (Å²) >= 11 is 0. The molecule has 1 amide bonds. The van der Waals surface area contributed by atoms with E-state index in [1.54, 1.807) is 44.2 Å². The fourth-order valence-electron chi connectivity index (χ4n) is 3.08. The Morgan fingerprint density at radius 2 is 1.79 bits per heavy atom. The van der Waals surface area contributed by atoms with Crippen molar-refractivity contribution in [2.75, 3.05) is 31.6 Å². The Kier molecular flexibility index (Phi) is 5.90. The van der Waals surface area contributed by atoms with Crippen LogP contribution in [0.15, 0.2) is 41.3 Å². The van der Waals surface area contributed by atoms with Crippen LogP contribution in [0.4, 0.5) is 5.69 Å². The highest BCUT2D eigenvalue weighted by atomic mass is 32.2. The molecular weight excluding hydrogens is 380 g/mol. The van der Waals surface area contributed by atoms with Gasteiger partial charge in [0.15, 0.2) is 11.5 Å². The van der Waals surface area contributed by atoms with Crippen molar-refractivity contribution in [3.63, 3.8) is 0 Å². The molecule has 0 radical (unpaired) electrons. The number of anilines is 1. The smallest absolute Gasteiger partial charge is 0.243 e. The first-order valence-electron chi connectivity index (χ1n) is 9.08. The quantitative estimate of drug-likeness (QED) is 0.800. The van der Waals surface area contributed by atoms with Crippen molar-refractivity contribution in [2.45, 2.75) is 25.7 Å². The van der Waals surface area contributed by atoms with Crippen LogP contribution >= 0.6 is 0 Å². The topological polar surface area (TPSA) is 84.9 Å². The highest BCUT2D eigenvalue weighted by Gasteiger charge is 2.27. The van der Waals surface area contributed by atoms with Gasteiger partial charge in [-0.15, -0.1) is 0 Å². The molecule has 0 aromatic heterocycles. The zero-order valence-corrected chi connectivity index (χ0v) is 17.0. The molecule has 1 aliphatic heterocycles. The van der Waals surface area contributed by atoms with Gasteiger partial charge in [0, 0.05) is 18.3 Å². The second-order valence-electron chi connectivity index (χ2n) is 6.61. The summed E-state index contributed by atoms with van der Waals surface area (Å²) in [6, 6.07) is 10.2. The number of carbonyl (C=O) groups is 1. The van der Waals surface area contributed by atoms with E-state index in [9.17, 15) is 13.2 Å². The van der Waals surface area contributed by atoms with Crippen molar-refractivity contribution in [1.82, 2.24) is 4.31 Å². The number of sulfonamides is 1. The second-order valence-corrected chi connectivity index (χ2v) is 8.51. The number of aryl methyl sites for hydroxylation is 2. The number of likely N-dealkylation sites (N-methyl/N-ethyl adjacent to an activating group) is 1. The lowest BCUT2D eigenvalue weighted by molar-refractivity contribution is -0.116. The Morgan fingerprint density at radius 3 is 2.46 bits per heavy atom. The van der Waals surface area contributed by atoms with Crippen LogP contribution in [0, 0.1) is 13.8 Å². The fraction of sp³-hybridized carbons (Fsp3) is 0.350. The molecule has 0 bridgehead atoms. The van der Waals surface area contributed by atoms with Crippen LogP contribution in [-0.4, -0.2) is 44.9 Å². The van der Waals surface area contributed by atoms with Gasteiger partial charge in [-0.2, -0.15) is 4.31 Å². The molecule has 2 aromatic rings. The number of amides is 1. The summed E-state index contributed by atoms with van der Waals surface area (Å²) < 4.78 is 38.1. The first-order valence-corrected chi connectivity index (χ1v) is 10.5. The summed E-state index contributed by atoms with van der Waals surface area (Å²) in [6.45, 7) is 6.20. The zero-order valence-electron chi connectivity index (χ0n) is 16.2. The Hall–Kier alpha value is -2.58. The minimum Gasteiger partial charge on any atom is -0.486 e. The van der Waals surface area contributed by atoms with Gasteiger partial charge in [0.1, 0.15) is 13.2 Å². The van der Waals surface area contributed by atoms with Crippen molar-refractivity contribution in [3.05, 3.63) is 47.5 Å². The maximum atomic E-state index is 13.0. The van der Waals surface area contributed by atoms with Gasteiger partial charge in [0.05, 0.1) is 11.4 Å². The van der Waals surface area contributed by atoms with Crippen LogP contribution < -0.4 is 14.8 Å². The van der Waals surface area contributed by atoms with E-state index in [0.29, 0.717) is 36.0 Å². The molecule has 8 heteroatoms. The molecule has 3 rings (SSSR count). The minimum atomic E-state index is -3.77. The third-order valence-electron chi connectivity index (χ3n) is 4.45. The van der Waals surface area contributed by atoms with Crippen molar-refractivity contribution >= 4 is 21.6 Å². The number of rotatable bonds is 6. The monoisotopic (exact) mass is 404 g/mol. The maximum absolute atomic E-state index is 13.0. The summed E-state index contributed by atoms with van der Waals surface area (Å²) in [5.41, 5.74) is 2.16.